The fourth-order valence-electron chi connectivity index (χ4n) is 2.67. The zero-order valence-corrected chi connectivity index (χ0v) is 15.9. The highest BCUT2D eigenvalue weighted by molar-refractivity contribution is 5.93. The summed E-state index contributed by atoms with van der Waals surface area (Å²) in [6, 6.07) is 11.5. The van der Waals surface area contributed by atoms with Crippen LogP contribution in [0, 0.1) is 0 Å². The van der Waals surface area contributed by atoms with E-state index in [-0.39, 0.29) is 6.79 Å². The molecule has 1 aliphatic rings. The van der Waals surface area contributed by atoms with Crippen LogP contribution in [0.25, 0.3) is 0 Å². The average Bonchev–Trinajstić information content (AvgIpc) is 3.15. The first-order chi connectivity index (χ1) is 13.2. The summed E-state index contributed by atoms with van der Waals surface area (Å²) in [6.07, 6.45) is 0. The Labute approximate surface area is 159 Å². The van der Waals surface area contributed by atoms with E-state index >= 15 is 0 Å². The fraction of sp³-hybridized carbons (Fsp3) is 0.350. The molecular weight excluding hydrogens is 346 g/mol. The average molecular weight is 371 g/mol. The van der Waals surface area contributed by atoms with Gasteiger partial charge in [-0.15, -0.1) is 0 Å². The molecule has 0 aromatic heterocycles. The molecule has 0 fully saturated rings. The van der Waals surface area contributed by atoms with Crippen LogP contribution in [0.5, 0.6) is 23.0 Å². The SMILES string of the molecule is CCNC(=NCc1ccc2c(c1)OCO2)Nc1ccc(OCC)c(OC)c1. The van der Waals surface area contributed by atoms with Crippen molar-refractivity contribution in [2.24, 2.45) is 4.99 Å². The van der Waals surface area contributed by atoms with Crippen molar-refractivity contribution in [1.82, 2.24) is 5.32 Å². The van der Waals surface area contributed by atoms with Gasteiger partial charge in [0, 0.05) is 18.3 Å². The molecule has 7 heteroatoms. The van der Waals surface area contributed by atoms with E-state index in [4.69, 9.17) is 18.9 Å². The topological polar surface area (TPSA) is 73.3 Å². The van der Waals surface area contributed by atoms with Crippen molar-refractivity contribution in [3.05, 3.63) is 42.0 Å². The maximum Gasteiger partial charge on any atom is 0.231 e. The largest absolute Gasteiger partial charge is 0.493 e. The van der Waals surface area contributed by atoms with E-state index in [0.29, 0.717) is 30.6 Å². The summed E-state index contributed by atoms with van der Waals surface area (Å²) >= 11 is 0. The first kappa shape index (κ1) is 18.7. The number of nitrogens with zero attached hydrogens (tertiary/aromatic N) is 1. The minimum Gasteiger partial charge on any atom is -0.493 e. The molecule has 0 atom stereocenters. The number of ether oxygens (including phenoxy) is 4. The van der Waals surface area contributed by atoms with Crippen LogP contribution in [-0.4, -0.2) is 33.0 Å². The Morgan fingerprint density at radius 1 is 1.07 bits per heavy atom. The molecule has 0 bridgehead atoms. The van der Waals surface area contributed by atoms with Crippen LogP contribution in [0.4, 0.5) is 5.69 Å². The van der Waals surface area contributed by atoms with Crippen LogP contribution in [0.1, 0.15) is 19.4 Å². The summed E-state index contributed by atoms with van der Waals surface area (Å²) in [6.45, 7) is 6.09. The van der Waals surface area contributed by atoms with Crippen molar-refractivity contribution in [2.45, 2.75) is 20.4 Å². The van der Waals surface area contributed by atoms with Gasteiger partial charge >= 0.3 is 0 Å². The van der Waals surface area contributed by atoms with Crippen molar-refractivity contribution in [1.29, 1.82) is 0 Å². The third-order valence-corrected chi connectivity index (χ3v) is 3.93. The number of benzene rings is 2. The quantitative estimate of drug-likeness (QED) is 0.574. The summed E-state index contributed by atoms with van der Waals surface area (Å²) in [7, 11) is 1.63. The number of rotatable bonds is 7. The minimum absolute atomic E-state index is 0.270. The maximum absolute atomic E-state index is 5.56. The standard InChI is InChI=1S/C20H25N3O4/c1-4-21-20(22-12-14-6-8-17-19(10-14)27-13-26-17)23-15-7-9-16(25-5-2)18(11-15)24-3/h6-11H,4-5,12-13H2,1-3H3,(H2,21,22,23). The predicted octanol–water partition coefficient (Wildman–Crippen LogP) is 3.40. The Hall–Kier alpha value is -3.09. The molecule has 2 aromatic rings. The van der Waals surface area contributed by atoms with E-state index < -0.39 is 0 Å². The highest BCUT2D eigenvalue weighted by Crippen LogP contribution is 2.33. The number of nitrogens with one attached hydrogen (secondary N) is 2. The highest BCUT2D eigenvalue weighted by atomic mass is 16.7. The Morgan fingerprint density at radius 3 is 2.70 bits per heavy atom. The highest BCUT2D eigenvalue weighted by Gasteiger charge is 2.13. The second kappa shape index (κ2) is 9.02. The molecule has 3 rings (SSSR count). The minimum atomic E-state index is 0.270. The summed E-state index contributed by atoms with van der Waals surface area (Å²) in [5.74, 6) is 3.61. The van der Waals surface area contributed by atoms with E-state index in [2.05, 4.69) is 15.6 Å². The first-order valence-electron chi connectivity index (χ1n) is 8.98. The van der Waals surface area contributed by atoms with Crippen molar-refractivity contribution >= 4 is 11.6 Å². The number of hydrogen-bond donors (Lipinski definition) is 2. The molecule has 7 nitrogen and oxygen atoms in total. The van der Waals surface area contributed by atoms with Crippen LogP contribution in [0.3, 0.4) is 0 Å². The molecule has 0 aliphatic carbocycles. The fourth-order valence-corrected chi connectivity index (χ4v) is 2.67. The molecule has 0 amide bonds. The van der Waals surface area contributed by atoms with Gasteiger partial charge in [-0.3, -0.25) is 0 Å². The normalized spacial score (nSPS) is 12.6. The van der Waals surface area contributed by atoms with Crippen LogP contribution in [-0.2, 0) is 6.54 Å². The number of methoxy groups -OCH3 is 1. The molecule has 2 N–H and O–H groups in total. The lowest BCUT2D eigenvalue weighted by Crippen LogP contribution is -2.30. The number of fused-ring (bicyclic) bond motifs is 1. The van der Waals surface area contributed by atoms with E-state index in [9.17, 15) is 0 Å². The van der Waals surface area contributed by atoms with Crippen LogP contribution >= 0.6 is 0 Å². The van der Waals surface area contributed by atoms with Crippen LogP contribution < -0.4 is 29.6 Å². The van der Waals surface area contributed by atoms with E-state index in [1.54, 1.807) is 7.11 Å². The predicted molar refractivity (Wildman–Crippen MR) is 105 cm³/mol. The zero-order chi connectivity index (χ0) is 19.1. The van der Waals surface area contributed by atoms with Crippen molar-refractivity contribution in [3.8, 4) is 23.0 Å². The van der Waals surface area contributed by atoms with Gasteiger partial charge in [0.15, 0.2) is 29.0 Å². The molecular formula is C20H25N3O4. The molecule has 1 heterocycles. The lowest BCUT2D eigenvalue weighted by atomic mass is 10.2. The van der Waals surface area contributed by atoms with Gasteiger partial charge in [-0.25, -0.2) is 4.99 Å². The number of hydrogen-bond acceptors (Lipinski definition) is 5. The Kier molecular flexibility index (Phi) is 6.25. The molecule has 0 saturated carbocycles. The monoisotopic (exact) mass is 371 g/mol. The summed E-state index contributed by atoms with van der Waals surface area (Å²) in [5.41, 5.74) is 1.90. The lowest BCUT2D eigenvalue weighted by molar-refractivity contribution is 0.174. The first-order valence-corrected chi connectivity index (χ1v) is 8.98. The Bertz CT molecular complexity index is 808. The molecule has 0 radical (unpaired) electrons. The molecule has 2 aromatic carbocycles. The van der Waals surface area contributed by atoms with Crippen molar-refractivity contribution in [2.75, 3.05) is 32.4 Å². The Morgan fingerprint density at radius 2 is 1.93 bits per heavy atom. The van der Waals surface area contributed by atoms with Gasteiger partial charge in [0.05, 0.1) is 20.3 Å². The molecule has 27 heavy (non-hydrogen) atoms. The summed E-state index contributed by atoms with van der Waals surface area (Å²) in [4.78, 5) is 4.64. The lowest BCUT2D eigenvalue weighted by Gasteiger charge is -2.14. The summed E-state index contributed by atoms with van der Waals surface area (Å²) in [5, 5.41) is 6.54. The van der Waals surface area contributed by atoms with Crippen molar-refractivity contribution in [3.63, 3.8) is 0 Å². The van der Waals surface area contributed by atoms with Crippen molar-refractivity contribution < 1.29 is 18.9 Å². The van der Waals surface area contributed by atoms with E-state index in [1.807, 2.05) is 50.2 Å². The molecule has 144 valence electrons. The molecule has 0 unspecified atom stereocenters. The number of guanidine groups is 1. The van der Waals surface area contributed by atoms with Gasteiger partial charge in [-0.2, -0.15) is 0 Å². The van der Waals surface area contributed by atoms with Crippen LogP contribution in [0.2, 0.25) is 0 Å². The molecule has 1 aliphatic heterocycles. The van der Waals surface area contributed by atoms with Gasteiger partial charge in [-0.05, 0) is 43.7 Å². The number of anilines is 1. The van der Waals surface area contributed by atoms with Crippen LogP contribution in [0.15, 0.2) is 41.4 Å². The molecule has 0 spiro atoms. The van der Waals surface area contributed by atoms with E-state index in [0.717, 1.165) is 29.3 Å². The van der Waals surface area contributed by atoms with Gasteiger partial charge < -0.3 is 29.6 Å². The van der Waals surface area contributed by atoms with Gasteiger partial charge in [0.1, 0.15) is 0 Å². The van der Waals surface area contributed by atoms with E-state index in [1.165, 1.54) is 0 Å². The maximum atomic E-state index is 5.56. The van der Waals surface area contributed by atoms with Gasteiger partial charge in [0.25, 0.3) is 0 Å². The van der Waals surface area contributed by atoms with Gasteiger partial charge in [0.2, 0.25) is 6.79 Å². The van der Waals surface area contributed by atoms with Gasteiger partial charge in [-0.1, -0.05) is 6.07 Å². The second-order valence-electron chi connectivity index (χ2n) is 5.81. The second-order valence-corrected chi connectivity index (χ2v) is 5.81. The third kappa shape index (κ3) is 4.75. The smallest absolute Gasteiger partial charge is 0.231 e. The Balaban J connectivity index is 1.72. The molecule has 0 saturated heterocycles. The number of aliphatic imine (C=N–C) groups is 1. The summed E-state index contributed by atoms with van der Waals surface area (Å²) < 4.78 is 21.7. The zero-order valence-electron chi connectivity index (χ0n) is 15.9. The third-order valence-electron chi connectivity index (χ3n) is 3.93.